The Balaban J connectivity index is 1.74. The van der Waals surface area contributed by atoms with Crippen LogP contribution in [0.5, 0.6) is 11.5 Å². The van der Waals surface area contributed by atoms with E-state index in [-0.39, 0.29) is 5.56 Å². The fourth-order valence-electron chi connectivity index (χ4n) is 4.47. The lowest BCUT2D eigenvalue weighted by Crippen LogP contribution is -2.19. The number of ether oxygens (including phenoxy) is 2. The highest BCUT2D eigenvalue weighted by Gasteiger charge is 2.23. The molecule has 0 unspecified atom stereocenters. The Bertz CT molecular complexity index is 1660. The van der Waals surface area contributed by atoms with Crippen LogP contribution in [-0.2, 0) is 13.1 Å². The Labute approximate surface area is 223 Å². The summed E-state index contributed by atoms with van der Waals surface area (Å²) in [6.45, 7) is 0.688. The van der Waals surface area contributed by atoms with Gasteiger partial charge in [-0.15, -0.1) is 11.3 Å². The maximum absolute atomic E-state index is 13.6. The molecular weight excluding hydrogens is 500 g/mol. The second kappa shape index (κ2) is 10.8. The number of benzene rings is 3. The lowest BCUT2D eigenvalue weighted by molar-refractivity contribution is 0.0695. The second-order valence-electron chi connectivity index (χ2n) is 8.65. The van der Waals surface area contributed by atoms with E-state index in [0.29, 0.717) is 29.1 Å². The van der Waals surface area contributed by atoms with Gasteiger partial charge in [-0.3, -0.25) is 4.79 Å². The van der Waals surface area contributed by atoms with Crippen LogP contribution in [0.1, 0.15) is 21.5 Å². The minimum atomic E-state index is -1.26. The van der Waals surface area contributed by atoms with Gasteiger partial charge in [0, 0.05) is 34.4 Å². The Hall–Kier alpha value is -4.56. The molecule has 0 spiro atoms. The van der Waals surface area contributed by atoms with Gasteiger partial charge in [-0.2, -0.15) is 0 Å². The van der Waals surface area contributed by atoms with Gasteiger partial charge in [-0.1, -0.05) is 36.4 Å². The Kier molecular flexibility index (Phi) is 7.15. The molecule has 2 N–H and O–H groups in total. The van der Waals surface area contributed by atoms with Crippen LogP contribution in [-0.4, -0.2) is 29.9 Å². The van der Waals surface area contributed by atoms with Gasteiger partial charge in [0.25, 0.3) is 0 Å². The highest BCUT2D eigenvalue weighted by molar-refractivity contribution is 7.22. The molecule has 192 valence electrons. The highest BCUT2D eigenvalue weighted by Crippen LogP contribution is 2.39. The van der Waals surface area contributed by atoms with Gasteiger partial charge in [0.05, 0.1) is 26.2 Å². The van der Waals surface area contributed by atoms with Crippen molar-refractivity contribution in [1.82, 2.24) is 4.57 Å². The van der Waals surface area contributed by atoms with Gasteiger partial charge in [-0.25, -0.2) is 4.79 Å². The first-order chi connectivity index (χ1) is 18.5. The third-order valence-corrected chi connectivity index (χ3v) is 7.68. The number of fused-ring (bicyclic) bond motifs is 1. The van der Waals surface area contributed by atoms with Gasteiger partial charge < -0.3 is 24.5 Å². The quantitative estimate of drug-likeness (QED) is 0.241. The first-order valence-corrected chi connectivity index (χ1v) is 12.8. The molecule has 0 amide bonds. The summed E-state index contributed by atoms with van der Waals surface area (Å²) >= 11 is 1.47. The predicted molar refractivity (Wildman–Crippen MR) is 151 cm³/mol. The van der Waals surface area contributed by atoms with E-state index in [0.717, 1.165) is 33.0 Å². The number of hydrogen-bond donors (Lipinski definition) is 2. The number of carboxylic acid groups (broad SMARTS) is 1. The number of aromatic nitrogens is 1. The van der Waals surface area contributed by atoms with Crippen molar-refractivity contribution in [3.63, 3.8) is 0 Å². The molecule has 38 heavy (non-hydrogen) atoms. The first kappa shape index (κ1) is 25.1. The van der Waals surface area contributed by atoms with Crippen LogP contribution < -0.4 is 20.2 Å². The molecular formula is C30H26N2O5S. The van der Waals surface area contributed by atoms with Crippen LogP contribution in [0.15, 0.2) is 89.9 Å². The van der Waals surface area contributed by atoms with Gasteiger partial charge in [0.1, 0.15) is 21.9 Å². The number of nitrogens with zero attached hydrogens (tertiary/aromatic N) is 1. The molecule has 0 aliphatic rings. The van der Waals surface area contributed by atoms with E-state index >= 15 is 0 Å². The number of pyridine rings is 1. The van der Waals surface area contributed by atoms with E-state index in [4.69, 9.17) is 9.47 Å². The first-order valence-electron chi connectivity index (χ1n) is 12.0. The van der Waals surface area contributed by atoms with E-state index in [1.54, 1.807) is 14.2 Å². The Morgan fingerprint density at radius 3 is 2.34 bits per heavy atom. The summed E-state index contributed by atoms with van der Waals surface area (Å²) in [7, 11) is 3.21. The van der Waals surface area contributed by atoms with Gasteiger partial charge in [-0.05, 0) is 48.0 Å². The third-order valence-electron chi connectivity index (χ3n) is 6.36. The van der Waals surface area contributed by atoms with E-state index in [1.807, 2.05) is 83.4 Å². The SMILES string of the molecule is COc1ccc(-c2sc3c(c2CNc2ccccc2)c(=O)c(C(=O)O)cn3Cc2ccccc2OC)cc1. The normalized spacial score (nSPS) is 10.9. The molecule has 0 aliphatic carbocycles. The van der Waals surface area contributed by atoms with Crippen LogP contribution >= 0.6 is 11.3 Å². The van der Waals surface area contributed by atoms with Gasteiger partial charge in [0.2, 0.25) is 5.43 Å². The van der Waals surface area contributed by atoms with E-state index in [2.05, 4.69) is 5.32 Å². The minimum Gasteiger partial charge on any atom is -0.497 e. The van der Waals surface area contributed by atoms with Crippen LogP contribution in [0.2, 0.25) is 0 Å². The number of carboxylic acids is 1. The summed E-state index contributed by atoms with van der Waals surface area (Å²) in [6, 6.07) is 24.9. The average molecular weight is 527 g/mol. The predicted octanol–water partition coefficient (Wildman–Crippen LogP) is 6.11. The van der Waals surface area contributed by atoms with Gasteiger partial charge in [0.15, 0.2) is 0 Å². The van der Waals surface area contributed by atoms with Crippen molar-refractivity contribution in [2.24, 2.45) is 0 Å². The fraction of sp³-hybridized carbons (Fsp3) is 0.133. The molecule has 0 saturated carbocycles. The van der Waals surface area contributed by atoms with Crippen LogP contribution in [0.25, 0.3) is 20.7 Å². The van der Waals surface area contributed by atoms with Crippen molar-refractivity contribution >= 4 is 33.2 Å². The van der Waals surface area contributed by atoms with Crippen molar-refractivity contribution < 1.29 is 19.4 Å². The van der Waals surface area contributed by atoms with Crippen molar-refractivity contribution in [1.29, 1.82) is 0 Å². The van der Waals surface area contributed by atoms with Crippen molar-refractivity contribution in [3.8, 4) is 21.9 Å². The zero-order chi connectivity index (χ0) is 26.6. The lowest BCUT2D eigenvalue weighted by atomic mass is 10.0. The third kappa shape index (κ3) is 4.86. The average Bonchev–Trinajstić information content (AvgIpc) is 3.34. The number of nitrogens with one attached hydrogen (secondary N) is 1. The smallest absolute Gasteiger partial charge is 0.341 e. The fourth-order valence-corrected chi connectivity index (χ4v) is 5.77. The summed E-state index contributed by atoms with van der Waals surface area (Å²) in [5, 5.41) is 13.7. The number of methoxy groups -OCH3 is 2. The molecule has 0 radical (unpaired) electrons. The van der Waals surface area contributed by atoms with Crippen molar-refractivity contribution in [2.45, 2.75) is 13.1 Å². The van der Waals surface area contributed by atoms with Crippen LogP contribution in [0, 0.1) is 0 Å². The lowest BCUT2D eigenvalue weighted by Gasteiger charge is -2.13. The topological polar surface area (TPSA) is 89.8 Å². The van der Waals surface area contributed by atoms with E-state index in [1.165, 1.54) is 17.5 Å². The summed E-state index contributed by atoms with van der Waals surface area (Å²) in [5.74, 6) is 0.154. The van der Waals surface area contributed by atoms with Crippen molar-refractivity contribution in [2.75, 3.05) is 19.5 Å². The maximum atomic E-state index is 13.6. The maximum Gasteiger partial charge on any atom is 0.341 e. The van der Waals surface area contributed by atoms with E-state index < -0.39 is 11.4 Å². The Morgan fingerprint density at radius 1 is 0.947 bits per heavy atom. The molecule has 0 aliphatic heterocycles. The monoisotopic (exact) mass is 526 g/mol. The molecule has 0 atom stereocenters. The largest absolute Gasteiger partial charge is 0.497 e. The summed E-state index contributed by atoms with van der Waals surface area (Å²) < 4.78 is 12.7. The second-order valence-corrected chi connectivity index (χ2v) is 9.65. The minimum absolute atomic E-state index is 0.271. The highest BCUT2D eigenvalue weighted by atomic mass is 32.1. The molecule has 2 aromatic heterocycles. The van der Waals surface area contributed by atoms with Crippen LogP contribution in [0.3, 0.4) is 0 Å². The molecule has 7 nitrogen and oxygen atoms in total. The van der Waals surface area contributed by atoms with Crippen LogP contribution in [0.4, 0.5) is 5.69 Å². The Morgan fingerprint density at radius 2 is 1.66 bits per heavy atom. The molecule has 0 bridgehead atoms. The number of para-hydroxylation sites is 2. The molecule has 5 aromatic rings. The van der Waals surface area contributed by atoms with Gasteiger partial charge >= 0.3 is 5.97 Å². The van der Waals surface area contributed by atoms with E-state index in [9.17, 15) is 14.7 Å². The molecule has 2 heterocycles. The summed E-state index contributed by atoms with van der Waals surface area (Å²) in [4.78, 5) is 27.4. The molecule has 3 aromatic carbocycles. The number of rotatable bonds is 9. The molecule has 8 heteroatoms. The standard InChI is InChI=1S/C30H26N2O5S/c1-36-22-14-12-19(13-15-22)28-23(16-31-21-9-4-3-5-10-21)26-27(33)24(30(34)35)18-32(29(26)38-28)17-20-8-6-7-11-25(20)37-2/h3-15,18,31H,16-17H2,1-2H3,(H,34,35). The number of carbonyl (C=O) groups is 1. The zero-order valence-corrected chi connectivity index (χ0v) is 21.7. The molecule has 0 saturated heterocycles. The number of hydrogen-bond acceptors (Lipinski definition) is 6. The zero-order valence-electron chi connectivity index (χ0n) is 20.9. The molecule has 5 rings (SSSR count). The number of anilines is 1. The number of thiophene rings is 1. The summed E-state index contributed by atoms with van der Waals surface area (Å²) in [5.41, 5.74) is 2.67. The molecule has 0 fully saturated rings. The number of aromatic carboxylic acids is 1. The summed E-state index contributed by atoms with van der Waals surface area (Å²) in [6.07, 6.45) is 1.43. The van der Waals surface area contributed by atoms with Crippen molar-refractivity contribution in [3.05, 3.63) is 112 Å².